The van der Waals surface area contributed by atoms with Crippen LogP contribution in [0.15, 0.2) is 4.90 Å². The Morgan fingerprint density at radius 3 is 2.80 bits per heavy atom. The van der Waals surface area contributed by atoms with Crippen LogP contribution in [-0.4, -0.2) is 42.5 Å². The van der Waals surface area contributed by atoms with Crippen LogP contribution in [0.4, 0.5) is 5.82 Å². The van der Waals surface area contributed by atoms with Crippen LogP contribution in [0.5, 0.6) is 0 Å². The van der Waals surface area contributed by atoms with Crippen LogP contribution >= 0.6 is 23.4 Å². The summed E-state index contributed by atoms with van der Waals surface area (Å²) in [5, 5.41) is 0.471. The molecule has 0 N–H and O–H groups in total. The fourth-order valence-corrected chi connectivity index (χ4v) is 2.40. The van der Waals surface area contributed by atoms with Gasteiger partial charge in [0.15, 0.2) is 0 Å². The number of morpholine rings is 1. The van der Waals surface area contributed by atoms with Gasteiger partial charge in [-0.2, -0.15) is 0 Å². The fraction of sp³-hybridized carbons (Fsp3) is 0.556. The Bertz CT molecular complexity index is 344. The van der Waals surface area contributed by atoms with Crippen molar-refractivity contribution in [1.82, 2.24) is 9.97 Å². The number of rotatable bonds is 2. The summed E-state index contributed by atoms with van der Waals surface area (Å²) in [6.07, 6.45) is 4.54. The van der Waals surface area contributed by atoms with Crippen molar-refractivity contribution in [2.45, 2.75) is 4.90 Å². The van der Waals surface area contributed by atoms with Crippen molar-refractivity contribution < 1.29 is 4.74 Å². The van der Waals surface area contributed by atoms with E-state index in [1.807, 2.05) is 6.26 Å². The van der Waals surface area contributed by atoms with Gasteiger partial charge in [0, 0.05) is 13.1 Å². The zero-order chi connectivity index (χ0) is 10.7. The van der Waals surface area contributed by atoms with Crippen molar-refractivity contribution in [3.63, 3.8) is 0 Å². The summed E-state index contributed by atoms with van der Waals surface area (Å²) in [5.41, 5.74) is 0. The molecule has 1 saturated heterocycles. The number of aromatic nitrogens is 2. The molecular weight excluding hydrogens is 234 g/mol. The smallest absolute Gasteiger partial charge is 0.201 e. The molecule has 0 spiro atoms. The van der Waals surface area contributed by atoms with Crippen molar-refractivity contribution >= 4 is 29.2 Å². The summed E-state index contributed by atoms with van der Waals surface area (Å²) in [6, 6.07) is 0. The summed E-state index contributed by atoms with van der Waals surface area (Å²) in [6.45, 7) is 3.15. The standard InChI is InChI=1S/C9H11ClN3OS/c1-15-7-8(10)11-6-12-9(7)13-2-4-14-5-3-13/h2-5H2,1H3. The van der Waals surface area contributed by atoms with Crippen molar-refractivity contribution in [2.24, 2.45) is 0 Å². The third-order valence-electron chi connectivity index (χ3n) is 2.21. The van der Waals surface area contributed by atoms with E-state index in [4.69, 9.17) is 16.3 Å². The predicted octanol–water partition coefficient (Wildman–Crippen LogP) is 1.49. The number of anilines is 1. The van der Waals surface area contributed by atoms with Crippen LogP contribution in [0.2, 0.25) is 5.15 Å². The molecule has 0 unspecified atom stereocenters. The van der Waals surface area contributed by atoms with Gasteiger partial charge in [0.1, 0.15) is 11.0 Å². The highest BCUT2D eigenvalue weighted by atomic mass is 35.5. The molecule has 1 aromatic heterocycles. The lowest BCUT2D eigenvalue weighted by Gasteiger charge is -2.28. The first kappa shape index (κ1) is 11.0. The van der Waals surface area contributed by atoms with Crippen LogP contribution in [0.3, 0.4) is 0 Å². The summed E-state index contributed by atoms with van der Waals surface area (Å²) >= 11 is 7.54. The average Bonchev–Trinajstić information content (AvgIpc) is 2.30. The van der Waals surface area contributed by atoms with E-state index in [-0.39, 0.29) is 0 Å². The highest BCUT2D eigenvalue weighted by Crippen LogP contribution is 2.31. The molecule has 0 amide bonds. The van der Waals surface area contributed by atoms with Gasteiger partial charge < -0.3 is 9.64 Å². The number of halogens is 1. The number of hydrogen-bond acceptors (Lipinski definition) is 5. The number of thioether (sulfide) groups is 1. The topological polar surface area (TPSA) is 38.2 Å². The van der Waals surface area contributed by atoms with Crippen molar-refractivity contribution in [3.05, 3.63) is 11.5 Å². The van der Waals surface area contributed by atoms with Crippen LogP contribution in [0.1, 0.15) is 0 Å². The third-order valence-corrected chi connectivity index (χ3v) is 3.38. The zero-order valence-electron chi connectivity index (χ0n) is 8.36. The maximum absolute atomic E-state index is 5.99. The first-order valence-corrected chi connectivity index (χ1v) is 6.23. The quantitative estimate of drug-likeness (QED) is 0.582. The highest BCUT2D eigenvalue weighted by Gasteiger charge is 2.18. The Kier molecular flexibility index (Phi) is 3.66. The van der Waals surface area contributed by atoms with Crippen LogP contribution in [0, 0.1) is 6.33 Å². The summed E-state index contributed by atoms with van der Waals surface area (Å²) in [5.74, 6) is 0.866. The second-order valence-corrected chi connectivity index (χ2v) is 4.25. The van der Waals surface area contributed by atoms with Gasteiger partial charge in [0.05, 0.1) is 18.1 Å². The van der Waals surface area contributed by atoms with Gasteiger partial charge in [-0.05, 0) is 6.26 Å². The van der Waals surface area contributed by atoms with E-state index in [2.05, 4.69) is 21.2 Å². The minimum atomic E-state index is 0.471. The van der Waals surface area contributed by atoms with Crippen molar-refractivity contribution in [3.8, 4) is 0 Å². The highest BCUT2D eigenvalue weighted by molar-refractivity contribution is 7.98. The van der Waals surface area contributed by atoms with E-state index in [0.717, 1.165) is 37.0 Å². The second kappa shape index (κ2) is 5.01. The maximum Gasteiger partial charge on any atom is 0.201 e. The molecule has 0 aromatic carbocycles. The normalized spacial score (nSPS) is 16.8. The van der Waals surface area contributed by atoms with Gasteiger partial charge >= 0.3 is 0 Å². The van der Waals surface area contributed by atoms with Gasteiger partial charge in [0.2, 0.25) is 6.33 Å². The van der Waals surface area contributed by atoms with Crippen LogP contribution in [-0.2, 0) is 4.74 Å². The predicted molar refractivity (Wildman–Crippen MR) is 60.7 cm³/mol. The molecule has 1 fully saturated rings. The van der Waals surface area contributed by atoms with Gasteiger partial charge in [-0.15, -0.1) is 11.8 Å². The molecule has 2 heterocycles. The third kappa shape index (κ3) is 2.35. The van der Waals surface area contributed by atoms with Crippen LogP contribution < -0.4 is 4.90 Å². The zero-order valence-corrected chi connectivity index (χ0v) is 9.94. The van der Waals surface area contributed by atoms with Gasteiger partial charge in [-0.3, -0.25) is 0 Å². The van der Waals surface area contributed by atoms with Gasteiger partial charge in [0.25, 0.3) is 0 Å². The molecule has 6 heteroatoms. The molecule has 81 valence electrons. The molecule has 0 atom stereocenters. The summed E-state index contributed by atoms with van der Waals surface area (Å²) in [4.78, 5) is 11.1. The molecule has 0 bridgehead atoms. The Balaban J connectivity index is 2.29. The van der Waals surface area contributed by atoms with E-state index in [9.17, 15) is 0 Å². The Labute approximate surface area is 98.0 Å². The lowest BCUT2D eigenvalue weighted by Crippen LogP contribution is -2.37. The van der Waals surface area contributed by atoms with E-state index >= 15 is 0 Å². The average molecular weight is 245 g/mol. The van der Waals surface area contributed by atoms with Crippen molar-refractivity contribution in [2.75, 3.05) is 37.5 Å². The minimum absolute atomic E-state index is 0.471. The molecule has 1 aliphatic rings. The fourth-order valence-electron chi connectivity index (χ4n) is 1.48. The van der Waals surface area contributed by atoms with E-state index in [0.29, 0.717) is 5.15 Å². The second-order valence-electron chi connectivity index (χ2n) is 3.07. The number of nitrogens with zero attached hydrogens (tertiary/aromatic N) is 3. The largest absolute Gasteiger partial charge is 0.378 e. The Hall–Kier alpha value is -0.520. The molecule has 0 saturated carbocycles. The monoisotopic (exact) mass is 244 g/mol. The maximum atomic E-state index is 5.99. The van der Waals surface area contributed by atoms with E-state index in [1.165, 1.54) is 0 Å². The Morgan fingerprint density at radius 1 is 1.40 bits per heavy atom. The lowest BCUT2D eigenvalue weighted by atomic mass is 10.4. The number of ether oxygens (including phenoxy) is 1. The van der Waals surface area contributed by atoms with E-state index in [1.54, 1.807) is 11.8 Å². The molecule has 4 nitrogen and oxygen atoms in total. The molecule has 0 aliphatic carbocycles. The first-order chi connectivity index (χ1) is 7.33. The molecule has 1 aromatic rings. The lowest BCUT2D eigenvalue weighted by molar-refractivity contribution is 0.122. The van der Waals surface area contributed by atoms with Gasteiger partial charge in [-0.25, -0.2) is 9.97 Å². The molecular formula is C9H11ClN3OS. The molecule has 2 rings (SSSR count). The number of hydrogen-bond donors (Lipinski definition) is 0. The minimum Gasteiger partial charge on any atom is -0.378 e. The van der Waals surface area contributed by atoms with E-state index < -0.39 is 0 Å². The molecule has 1 aliphatic heterocycles. The summed E-state index contributed by atoms with van der Waals surface area (Å²) in [7, 11) is 0. The van der Waals surface area contributed by atoms with Gasteiger partial charge in [-0.1, -0.05) is 11.6 Å². The molecule has 15 heavy (non-hydrogen) atoms. The van der Waals surface area contributed by atoms with Crippen LogP contribution in [0.25, 0.3) is 0 Å². The first-order valence-electron chi connectivity index (χ1n) is 4.63. The van der Waals surface area contributed by atoms with Crippen molar-refractivity contribution in [1.29, 1.82) is 0 Å². The Morgan fingerprint density at radius 2 is 2.13 bits per heavy atom. The SMILES string of the molecule is CSc1c(Cl)n[c]nc1N1CCOCC1. The summed E-state index contributed by atoms with van der Waals surface area (Å²) < 4.78 is 5.29. The molecule has 1 radical (unpaired) electrons.